The second-order valence-electron chi connectivity index (χ2n) is 10.6. The Labute approximate surface area is 265 Å². The van der Waals surface area contributed by atoms with Gasteiger partial charge in [0, 0.05) is 35.5 Å². The molecule has 0 spiro atoms. The number of aromatic hydroxyl groups is 2. The van der Waals surface area contributed by atoms with E-state index >= 15 is 0 Å². The average Bonchev–Trinajstić information content (AvgIpc) is 2.90. The average molecular weight is 634 g/mol. The Bertz CT molecular complexity index is 1240. The van der Waals surface area contributed by atoms with E-state index in [2.05, 4.69) is 37.7 Å². The summed E-state index contributed by atoms with van der Waals surface area (Å²) in [5.74, 6) is -0.487. The minimum absolute atomic E-state index is 0. The van der Waals surface area contributed by atoms with E-state index < -0.39 is 11.9 Å². The van der Waals surface area contributed by atoms with E-state index in [0.717, 1.165) is 39.5 Å². The number of benzene rings is 3. The van der Waals surface area contributed by atoms with Gasteiger partial charge in [0.15, 0.2) is 0 Å². The van der Waals surface area contributed by atoms with Crippen molar-refractivity contribution >= 4 is 35.7 Å². The van der Waals surface area contributed by atoms with E-state index in [-0.39, 0.29) is 28.3 Å². The van der Waals surface area contributed by atoms with Crippen molar-refractivity contribution in [3.05, 3.63) is 82.9 Å². The van der Waals surface area contributed by atoms with Gasteiger partial charge in [-0.25, -0.2) is 0 Å². The van der Waals surface area contributed by atoms with E-state index in [1.165, 1.54) is 11.1 Å². The Hall–Kier alpha value is -3.95. The quantitative estimate of drug-likeness (QED) is 0.291. The van der Waals surface area contributed by atoms with Crippen molar-refractivity contribution < 1.29 is 46.8 Å². The number of phenols is 2. The fraction of sp³-hybridized carbons (Fsp3) is 0.353. The summed E-state index contributed by atoms with van der Waals surface area (Å²) >= 11 is 0. The van der Waals surface area contributed by atoms with Crippen LogP contribution in [0.25, 0.3) is 0 Å². The van der Waals surface area contributed by atoms with Crippen LogP contribution in [0.2, 0.25) is 0 Å². The molecule has 0 saturated heterocycles. The normalized spacial score (nSPS) is 10.6. The molecule has 3 aromatic rings. The SMILES string of the molecule is CC(=O)[O-].CC(=O)[O-].CC(C)CCc1ccc(O)c(C=Nc2ccccc2N=Cc2cc(CCC(C)C)ccc2O)c1.[Co+2]. The second-order valence-corrected chi connectivity index (χ2v) is 10.6. The first-order valence-corrected chi connectivity index (χ1v) is 13.9. The predicted molar refractivity (Wildman–Crippen MR) is 165 cm³/mol. The number of phenolic OH excluding ortho intramolecular Hbond substituents is 2. The van der Waals surface area contributed by atoms with Crippen LogP contribution < -0.4 is 10.2 Å². The number of carboxylic acid groups (broad SMARTS) is 2. The van der Waals surface area contributed by atoms with Gasteiger partial charge in [0.05, 0.1) is 11.4 Å². The van der Waals surface area contributed by atoms with Gasteiger partial charge in [-0.15, -0.1) is 0 Å². The first-order chi connectivity index (χ1) is 19.8. The van der Waals surface area contributed by atoms with Crippen LogP contribution >= 0.6 is 0 Å². The van der Waals surface area contributed by atoms with Crippen molar-refractivity contribution in [3.63, 3.8) is 0 Å². The zero-order valence-electron chi connectivity index (χ0n) is 25.7. The van der Waals surface area contributed by atoms with Crippen molar-refractivity contribution in [2.45, 2.75) is 67.2 Å². The minimum atomic E-state index is -1.08. The number of para-hydroxylation sites is 2. The third-order valence-electron chi connectivity index (χ3n) is 5.77. The van der Waals surface area contributed by atoms with E-state index in [9.17, 15) is 10.2 Å². The Morgan fingerprint density at radius 2 is 1.02 bits per heavy atom. The van der Waals surface area contributed by atoms with Crippen LogP contribution in [0.5, 0.6) is 11.5 Å². The Morgan fingerprint density at radius 1 is 0.698 bits per heavy atom. The molecule has 0 saturated carbocycles. The molecule has 0 aliphatic heterocycles. The molecule has 0 fully saturated rings. The summed E-state index contributed by atoms with van der Waals surface area (Å²) in [7, 11) is 0. The number of carbonyl (C=O) groups excluding carboxylic acids is 2. The minimum Gasteiger partial charge on any atom is -0.550 e. The topological polar surface area (TPSA) is 145 Å². The molecular weight excluding hydrogens is 591 g/mol. The first kappa shape index (κ1) is 39.0. The molecule has 43 heavy (non-hydrogen) atoms. The summed E-state index contributed by atoms with van der Waals surface area (Å²) in [5, 5.41) is 38.4. The maximum absolute atomic E-state index is 10.3. The maximum Gasteiger partial charge on any atom is 2.00 e. The third-order valence-corrected chi connectivity index (χ3v) is 5.77. The molecule has 9 heteroatoms. The summed E-state index contributed by atoms with van der Waals surface area (Å²) in [6, 6.07) is 19.0. The van der Waals surface area contributed by atoms with Gasteiger partial charge in [0.25, 0.3) is 0 Å². The summed E-state index contributed by atoms with van der Waals surface area (Å²) in [5.41, 5.74) is 5.15. The van der Waals surface area contributed by atoms with Gasteiger partial charge in [0.2, 0.25) is 0 Å². The molecule has 0 aliphatic carbocycles. The van der Waals surface area contributed by atoms with Crippen LogP contribution in [0.15, 0.2) is 70.6 Å². The predicted octanol–water partition coefficient (Wildman–Crippen LogP) is 5.29. The maximum atomic E-state index is 10.3. The smallest absolute Gasteiger partial charge is 0.550 e. The van der Waals surface area contributed by atoms with E-state index in [1.54, 1.807) is 24.6 Å². The van der Waals surface area contributed by atoms with Gasteiger partial charge in [-0.05, 0) is 98.9 Å². The summed E-state index contributed by atoms with van der Waals surface area (Å²) < 4.78 is 0. The number of carboxylic acids is 2. The van der Waals surface area contributed by atoms with Crippen LogP contribution in [0.3, 0.4) is 0 Å². The van der Waals surface area contributed by atoms with Crippen molar-refractivity contribution in [1.29, 1.82) is 0 Å². The number of hydrogen-bond acceptors (Lipinski definition) is 8. The molecule has 2 N–H and O–H groups in total. The second kappa shape index (κ2) is 20.8. The Kier molecular flexibility index (Phi) is 18.9. The number of nitrogens with zero attached hydrogens (tertiary/aromatic N) is 2. The molecule has 0 aromatic heterocycles. The van der Waals surface area contributed by atoms with Crippen LogP contribution in [-0.4, -0.2) is 34.6 Å². The molecule has 0 unspecified atom stereocenters. The van der Waals surface area contributed by atoms with E-state index in [0.29, 0.717) is 34.3 Å². The van der Waals surface area contributed by atoms with Gasteiger partial charge in [-0.2, -0.15) is 0 Å². The van der Waals surface area contributed by atoms with Crippen LogP contribution in [0.1, 0.15) is 76.6 Å². The molecule has 0 bridgehead atoms. The number of aryl methyl sites for hydroxylation is 2. The van der Waals surface area contributed by atoms with E-state index in [4.69, 9.17) is 19.8 Å². The fourth-order valence-corrected chi connectivity index (χ4v) is 3.60. The molecule has 0 aliphatic rings. The van der Waals surface area contributed by atoms with Gasteiger partial charge >= 0.3 is 16.8 Å². The number of aliphatic carboxylic acids is 2. The summed E-state index contributed by atoms with van der Waals surface area (Å²) in [6.07, 6.45) is 7.52. The molecule has 3 rings (SSSR count). The molecule has 8 nitrogen and oxygen atoms in total. The Balaban J connectivity index is 0.00000174. The summed E-state index contributed by atoms with van der Waals surface area (Å²) in [4.78, 5) is 27.0. The van der Waals surface area contributed by atoms with Gasteiger partial charge in [-0.3, -0.25) is 9.98 Å². The third kappa shape index (κ3) is 17.6. The molecular formula is C34H42CoN2O6. The molecule has 233 valence electrons. The first-order valence-electron chi connectivity index (χ1n) is 13.9. The molecule has 0 amide bonds. The van der Waals surface area contributed by atoms with Crippen molar-refractivity contribution in [3.8, 4) is 11.5 Å². The molecule has 1 radical (unpaired) electrons. The standard InChI is InChI=1S/C30H36N2O2.2C2H4O2.Co/c1-21(2)9-11-23-13-15-29(33)25(17-23)19-31-27-7-5-6-8-28(27)32-20-26-18-24(12-10-22(3)4)14-16-30(26)34;2*1-2(3)4;/h5-8,13-22,33-34H,9-12H2,1-4H3;2*1H3,(H,3,4);/q;;;+2/p-2. The van der Waals surface area contributed by atoms with Crippen molar-refractivity contribution in [2.75, 3.05) is 0 Å². The van der Waals surface area contributed by atoms with Gasteiger partial charge in [0.1, 0.15) is 11.5 Å². The molecule has 0 atom stereocenters. The zero-order chi connectivity index (χ0) is 31.7. The van der Waals surface area contributed by atoms with Crippen LogP contribution in [0.4, 0.5) is 11.4 Å². The van der Waals surface area contributed by atoms with Crippen molar-refractivity contribution in [2.24, 2.45) is 21.8 Å². The van der Waals surface area contributed by atoms with Crippen LogP contribution in [-0.2, 0) is 39.2 Å². The zero-order valence-corrected chi connectivity index (χ0v) is 26.7. The number of hydrogen-bond donors (Lipinski definition) is 2. The van der Waals surface area contributed by atoms with Crippen molar-refractivity contribution in [1.82, 2.24) is 0 Å². The number of aliphatic imine (C=N–C) groups is 2. The number of carbonyl (C=O) groups is 2. The van der Waals surface area contributed by atoms with Gasteiger partial charge < -0.3 is 30.0 Å². The van der Waals surface area contributed by atoms with Gasteiger partial charge in [-0.1, -0.05) is 52.0 Å². The van der Waals surface area contributed by atoms with E-state index in [1.807, 2.05) is 48.5 Å². The number of rotatable bonds is 10. The fourth-order valence-electron chi connectivity index (χ4n) is 3.60. The summed E-state index contributed by atoms with van der Waals surface area (Å²) in [6.45, 7) is 10.8. The molecule has 3 aromatic carbocycles. The molecule has 0 heterocycles. The van der Waals surface area contributed by atoms with Crippen LogP contribution in [0, 0.1) is 11.8 Å². The largest absolute Gasteiger partial charge is 2.00 e. The monoisotopic (exact) mass is 633 g/mol. The Morgan fingerprint density at radius 3 is 1.33 bits per heavy atom.